The molecule has 2 saturated carbocycles. The zero-order valence-corrected chi connectivity index (χ0v) is 11.8. The molecule has 0 radical (unpaired) electrons. The molecule has 0 spiro atoms. The number of halogens is 1. The Bertz CT molecular complexity index is 720. The Balaban J connectivity index is 1.73. The van der Waals surface area contributed by atoms with Gasteiger partial charge in [-0.25, -0.2) is 9.18 Å². The molecule has 1 heterocycles. The first-order chi connectivity index (χ1) is 9.99. The molecule has 4 nitrogen and oxygen atoms in total. The van der Waals surface area contributed by atoms with E-state index in [-0.39, 0.29) is 23.7 Å². The summed E-state index contributed by atoms with van der Waals surface area (Å²) >= 11 is 0. The molecule has 3 fully saturated rings. The van der Waals surface area contributed by atoms with Gasteiger partial charge in [0, 0.05) is 25.9 Å². The first-order valence-corrected chi connectivity index (χ1v) is 7.32. The predicted molar refractivity (Wildman–Crippen MR) is 72.5 cm³/mol. The summed E-state index contributed by atoms with van der Waals surface area (Å²) in [6.07, 6.45) is 0. The van der Waals surface area contributed by atoms with Crippen molar-refractivity contribution in [3.8, 4) is 0 Å². The van der Waals surface area contributed by atoms with Gasteiger partial charge in [0.2, 0.25) is 5.67 Å². The van der Waals surface area contributed by atoms with Gasteiger partial charge in [0.15, 0.2) is 0 Å². The first kappa shape index (κ1) is 11.7. The molecule has 4 aliphatic rings. The number of benzene rings is 1. The van der Waals surface area contributed by atoms with Crippen molar-refractivity contribution in [3.63, 3.8) is 0 Å². The summed E-state index contributed by atoms with van der Waals surface area (Å²) in [6.45, 7) is 0. The zero-order valence-electron chi connectivity index (χ0n) is 11.8. The van der Waals surface area contributed by atoms with Gasteiger partial charge in [-0.05, 0) is 23.0 Å². The molecule has 21 heavy (non-hydrogen) atoms. The molecule has 3 aliphatic carbocycles. The Hall–Kier alpha value is -1.91. The van der Waals surface area contributed by atoms with Gasteiger partial charge in [-0.1, -0.05) is 24.3 Å². The molecule has 1 aromatic rings. The standard InChI is InChI=1S/C16H15FN2O2/c1-18-13-10-8-6-4-3-5-7(8)9-11(10)12(9)16(13,17)14(20)19(2)15(18)21/h3-6,9-13H,1-2H3/t9-,10+,11-,12-,13+,16+/m0/s1. The van der Waals surface area contributed by atoms with Crippen LogP contribution >= 0.6 is 0 Å². The number of amides is 3. The summed E-state index contributed by atoms with van der Waals surface area (Å²) in [5.41, 5.74) is 0.390. The van der Waals surface area contributed by atoms with Crippen LogP contribution < -0.4 is 0 Å². The second-order valence-electron chi connectivity index (χ2n) is 6.75. The SMILES string of the molecule is CN1C(=O)N(C)[C@@H]2[C@@H]3c4ccccc4[C@H]4[C@@H]3[C@H]4[C@]2(F)C1=O. The van der Waals surface area contributed by atoms with E-state index in [1.165, 1.54) is 17.5 Å². The van der Waals surface area contributed by atoms with Crippen LogP contribution in [0.25, 0.3) is 0 Å². The van der Waals surface area contributed by atoms with Crippen molar-refractivity contribution in [2.24, 2.45) is 11.8 Å². The van der Waals surface area contributed by atoms with Crippen LogP contribution in [0.3, 0.4) is 0 Å². The lowest BCUT2D eigenvalue weighted by atomic mass is 9.84. The van der Waals surface area contributed by atoms with Crippen molar-refractivity contribution < 1.29 is 14.0 Å². The van der Waals surface area contributed by atoms with Crippen molar-refractivity contribution in [1.29, 1.82) is 0 Å². The number of imide groups is 1. The van der Waals surface area contributed by atoms with E-state index in [0.717, 1.165) is 10.5 Å². The molecule has 1 saturated heterocycles. The third-order valence-electron chi connectivity index (χ3n) is 6.10. The van der Waals surface area contributed by atoms with E-state index in [4.69, 9.17) is 0 Å². The van der Waals surface area contributed by atoms with E-state index in [9.17, 15) is 9.59 Å². The highest BCUT2D eigenvalue weighted by atomic mass is 19.1. The predicted octanol–water partition coefficient (Wildman–Crippen LogP) is 1.73. The first-order valence-electron chi connectivity index (χ1n) is 7.32. The van der Waals surface area contributed by atoms with E-state index in [1.54, 1.807) is 7.05 Å². The summed E-state index contributed by atoms with van der Waals surface area (Å²) in [5.74, 6) is -0.599. The minimum atomic E-state index is -1.92. The summed E-state index contributed by atoms with van der Waals surface area (Å²) in [7, 11) is 2.99. The smallest absolute Gasteiger partial charge is 0.320 e. The van der Waals surface area contributed by atoms with Crippen LogP contribution in [0.4, 0.5) is 9.18 Å². The van der Waals surface area contributed by atoms with Gasteiger partial charge in [-0.15, -0.1) is 0 Å². The lowest BCUT2D eigenvalue weighted by molar-refractivity contribution is -0.150. The maximum absolute atomic E-state index is 15.8. The molecule has 0 unspecified atom stereocenters. The Labute approximate surface area is 121 Å². The number of hydrogen-bond donors (Lipinski definition) is 0. The van der Waals surface area contributed by atoms with Crippen molar-refractivity contribution in [2.75, 3.05) is 14.1 Å². The van der Waals surface area contributed by atoms with Crippen molar-refractivity contribution in [1.82, 2.24) is 9.80 Å². The zero-order chi connectivity index (χ0) is 14.7. The van der Waals surface area contributed by atoms with E-state index < -0.39 is 23.6 Å². The molecule has 3 amide bonds. The third kappa shape index (κ3) is 0.981. The van der Waals surface area contributed by atoms with Crippen molar-refractivity contribution in [3.05, 3.63) is 35.4 Å². The van der Waals surface area contributed by atoms with Crippen LogP contribution in [0, 0.1) is 11.8 Å². The molecule has 0 N–H and O–H groups in total. The molecular formula is C16H15FN2O2. The molecule has 0 aromatic heterocycles. The van der Waals surface area contributed by atoms with Crippen molar-refractivity contribution in [2.45, 2.75) is 23.5 Å². The quantitative estimate of drug-likeness (QED) is 0.728. The van der Waals surface area contributed by atoms with Gasteiger partial charge < -0.3 is 4.90 Å². The van der Waals surface area contributed by atoms with E-state index >= 15 is 4.39 Å². The summed E-state index contributed by atoms with van der Waals surface area (Å²) in [5, 5.41) is 0. The monoisotopic (exact) mass is 286 g/mol. The molecule has 0 bridgehead atoms. The van der Waals surface area contributed by atoms with E-state index in [1.807, 2.05) is 24.3 Å². The van der Waals surface area contributed by atoms with Crippen LogP contribution in [-0.4, -0.2) is 47.5 Å². The lowest BCUT2D eigenvalue weighted by Crippen LogP contribution is -2.67. The van der Waals surface area contributed by atoms with Crippen LogP contribution in [0.2, 0.25) is 0 Å². The van der Waals surface area contributed by atoms with Gasteiger partial charge in [-0.2, -0.15) is 0 Å². The number of nitrogens with zero attached hydrogens (tertiary/aromatic N) is 2. The largest absolute Gasteiger partial charge is 0.326 e. The minimum absolute atomic E-state index is 0.0344. The number of carbonyl (C=O) groups is 2. The molecule has 6 atom stereocenters. The normalized spacial score (nSPS) is 45.6. The van der Waals surface area contributed by atoms with Crippen molar-refractivity contribution >= 4 is 11.9 Å². The van der Waals surface area contributed by atoms with Crippen LogP contribution in [-0.2, 0) is 4.79 Å². The van der Waals surface area contributed by atoms with E-state index in [2.05, 4.69) is 0 Å². The number of likely N-dealkylation sites (N-methyl/N-ethyl adjacent to an activating group) is 1. The fourth-order valence-corrected chi connectivity index (χ4v) is 5.38. The topological polar surface area (TPSA) is 40.6 Å². The van der Waals surface area contributed by atoms with Gasteiger partial charge in [0.25, 0.3) is 5.91 Å². The Kier molecular flexibility index (Phi) is 1.75. The van der Waals surface area contributed by atoms with Gasteiger partial charge >= 0.3 is 6.03 Å². The number of alkyl halides is 1. The lowest BCUT2D eigenvalue weighted by Gasteiger charge is -2.45. The molecular weight excluding hydrogens is 271 g/mol. The molecule has 5 heteroatoms. The van der Waals surface area contributed by atoms with Crippen LogP contribution in [0.1, 0.15) is 23.0 Å². The number of hydrogen-bond acceptors (Lipinski definition) is 2. The fraction of sp³-hybridized carbons (Fsp3) is 0.500. The van der Waals surface area contributed by atoms with E-state index in [0.29, 0.717) is 0 Å². The molecule has 1 aliphatic heterocycles. The van der Waals surface area contributed by atoms with Gasteiger partial charge in [0.05, 0.1) is 6.04 Å². The Morgan fingerprint density at radius 3 is 2.38 bits per heavy atom. The molecule has 5 rings (SSSR count). The molecule has 1 aromatic carbocycles. The number of urea groups is 1. The fourth-order valence-electron chi connectivity index (χ4n) is 5.38. The second kappa shape index (κ2) is 3.13. The maximum atomic E-state index is 15.8. The highest BCUT2D eigenvalue weighted by molar-refractivity contribution is 6.03. The number of rotatable bonds is 0. The van der Waals surface area contributed by atoms with Gasteiger partial charge in [0.1, 0.15) is 0 Å². The second-order valence-corrected chi connectivity index (χ2v) is 6.75. The summed E-state index contributed by atoms with van der Waals surface area (Å²) < 4.78 is 15.8. The Morgan fingerprint density at radius 1 is 1.10 bits per heavy atom. The summed E-state index contributed by atoms with van der Waals surface area (Å²) in [4.78, 5) is 27.1. The average molecular weight is 286 g/mol. The highest BCUT2D eigenvalue weighted by Crippen LogP contribution is 2.79. The van der Waals surface area contributed by atoms with Gasteiger partial charge in [-0.3, -0.25) is 9.69 Å². The van der Waals surface area contributed by atoms with Crippen LogP contribution in [0.15, 0.2) is 24.3 Å². The average Bonchev–Trinajstić information content (AvgIpc) is 3.09. The maximum Gasteiger partial charge on any atom is 0.326 e. The Morgan fingerprint density at radius 2 is 1.71 bits per heavy atom. The highest BCUT2D eigenvalue weighted by Gasteiger charge is 2.83. The minimum Gasteiger partial charge on any atom is -0.320 e. The third-order valence-corrected chi connectivity index (χ3v) is 6.10. The number of carbonyl (C=O) groups excluding carboxylic acids is 2. The molecule has 108 valence electrons. The van der Waals surface area contributed by atoms with Crippen LogP contribution in [0.5, 0.6) is 0 Å². The number of fused-ring (bicyclic) bond motifs is 7. The summed E-state index contributed by atoms with van der Waals surface area (Å²) in [6, 6.07) is 6.94.